The van der Waals surface area contributed by atoms with Gasteiger partial charge in [-0.05, 0) is 43.3 Å². The maximum absolute atomic E-state index is 12.6. The number of nitrogens with zero attached hydrogens (tertiary/aromatic N) is 1. The Morgan fingerprint density at radius 3 is 2.54 bits per heavy atom. The molecule has 0 saturated carbocycles. The van der Waals surface area contributed by atoms with Crippen molar-refractivity contribution in [1.29, 1.82) is 0 Å². The van der Waals surface area contributed by atoms with E-state index in [1.165, 1.54) is 0 Å². The Balaban J connectivity index is 1.65. The van der Waals surface area contributed by atoms with Crippen molar-refractivity contribution < 1.29 is 19.1 Å². The summed E-state index contributed by atoms with van der Waals surface area (Å²) >= 11 is 0. The van der Waals surface area contributed by atoms with Gasteiger partial charge in [0.15, 0.2) is 0 Å². The number of amides is 3. The lowest BCUT2D eigenvalue weighted by Crippen LogP contribution is -2.28. The molecule has 1 fully saturated rings. The molecule has 7 nitrogen and oxygen atoms in total. The van der Waals surface area contributed by atoms with E-state index in [1.807, 2.05) is 19.1 Å². The summed E-state index contributed by atoms with van der Waals surface area (Å²) in [6.45, 7) is 2.70. The monoisotopic (exact) mass is 381 g/mol. The van der Waals surface area contributed by atoms with Crippen LogP contribution in [0.3, 0.4) is 0 Å². The van der Waals surface area contributed by atoms with Gasteiger partial charge in [0, 0.05) is 30.8 Å². The van der Waals surface area contributed by atoms with Crippen LogP contribution in [-0.4, -0.2) is 37.9 Å². The van der Waals surface area contributed by atoms with Crippen molar-refractivity contribution in [3.63, 3.8) is 0 Å². The SMILES string of the molecule is CCNC(=O)c1ccc(NC(=O)C2CC(=O)N(c3ccccc3OC)C2)cc1. The van der Waals surface area contributed by atoms with Crippen LogP contribution in [0.1, 0.15) is 23.7 Å². The van der Waals surface area contributed by atoms with Crippen LogP contribution < -0.4 is 20.3 Å². The molecule has 28 heavy (non-hydrogen) atoms. The third kappa shape index (κ3) is 4.14. The standard InChI is InChI=1S/C21H23N3O4/c1-3-22-20(26)14-8-10-16(11-9-14)23-21(27)15-12-19(25)24(13-15)17-6-4-5-7-18(17)28-2/h4-11,15H,3,12-13H2,1-2H3,(H,22,26)(H,23,27). The zero-order chi connectivity index (χ0) is 20.1. The summed E-state index contributed by atoms with van der Waals surface area (Å²) in [7, 11) is 1.55. The van der Waals surface area contributed by atoms with Gasteiger partial charge in [-0.1, -0.05) is 12.1 Å². The van der Waals surface area contributed by atoms with E-state index in [2.05, 4.69) is 10.6 Å². The van der Waals surface area contributed by atoms with E-state index in [0.717, 1.165) is 0 Å². The van der Waals surface area contributed by atoms with E-state index in [0.29, 0.717) is 35.8 Å². The first-order valence-corrected chi connectivity index (χ1v) is 9.16. The molecule has 7 heteroatoms. The molecule has 1 atom stereocenters. The number of hydrogen-bond acceptors (Lipinski definition) is 4. The molecule has 1 heterocycles. The van der Waals surface area contributed by atoms with Gasteiger partial charge in [-0.15, -0.1) is 0 Å². The maximum Gasteiger partial charge on any atom is 0.251 e. The fourth-order valence-electron chi connectivity index (χ4n) is 3.18. The Labute approximate surface area is 163 Å². The highest BCUT2D eigenvalue weighted by molar-refractivity contribution is 6.04. The third-order valence-electron chi connectivity index (χ3n) is 4.62. The zero-order valence-electron chi connectivity index (χ0n) is 15.9. The highest BCUT2D eigenvalue weighted by Crippen LogP contribution is 2.33. The van der Waals surface area contributed by atoms with Gasteiger partial charge in [-0.25, -0.2) is 0 Å². The molecular formula is C21H23N3O4. The van der Waals surface area contributed by atoms with E-state index in [4.69, 9.17) is 4.74 Å². The number of methoxy groups -OCH3 is 1. The number of para-hydroxylation sites is 2. The van der Waals surface area contributed by atoms with Crippen LogP contribution in [0.5, 0.6) is 5.75 Å². The van der Waals surface area contributed by atoms with Crippen molar-refractivity contribution in [2.45, 2.75) is 13.3 Å². The van der Waals surface area contributed by atoms with Crippen LogP contribution in [0, 0.1) is 5.92 Å². The highest BCUT2D eigenvalue weighted by atomic mass is 16.5. The van der Waals surface area contributed by atoms with Gasteiger partial charge in [-0.3, -0.25) is 14.4 Å². The molecule has 2 N–H and O–H groups in total. The Morgan fingerprint density at radius 2 is 1.86 bits per heavy atom. The summed E-state index contributed by atoms with van der Waals surface area (Å²) in [4.78, 5) is 38.4. The second-order valence-corrected chi connectivity index (χ2v) is 6.50. The fourth-order valence-corrected chi connectivity index (χ4v) is 3.18. The summed E-state index contributed by atoms with van der Waals surface area (Å²) in [5, 5.41) is 5.54. The number of carbonyl (C=O) groups is 3. The number of ether oxygens (including phenoxy) is 1. The lowest BCUT2D eigenvalue weighted by molar-refractivity contribution is -0.122. The molecule has 0 aromatic heterocycles. The second kappa shape index (κ2) is 8.56. The van der Waals surface area contributed by atoms with Gasteiger partial charge in [0.2, 0.25) is 11.8 Å². The van der Waals surface area contributed by atoms with Gasteiger partial charge < -0.3 is 20.3 Å². The van der Waals surface area contributed by atoms with Crippen LogP contribution in [0.4, 0.5) is 11.4 Å². The number of benzene rings is 2. The first-order chi connectivity index (χ1) is 13.5. The van der Waals surface area contributed by atoms with Crippen molar-refractivity contribution in [2.75, 3.05) is 30.4 Å². The molecule has 0 aliphatic carbocycles. The summed E-state index contributed by atoms with van der Waals surface area (Å²) < 4.78 is 5.32. The summed E-state index contributed by atoms with van der Waals surface area (Å²) in [6, 6.07) is 13.9. The topological polar surface area (TPSA) is 87.7 Å². The molecule has 0 radical (unpaired) electrons. The second-order valence-electron chi connectivity index (χ2n) is 6.50. The zero-order valence-corrected chi connectivity index (χ0v) is 15.9. The van der Waals surface area contributed by atoms with E-state index in [1.54, 1.807) is 48.4 Å². The number of carbonyl (C=O) groups excluding carboxylic acids is 3. The molecule has 0 spiro atoms. The average molecular weight is 381 g/mol. The van der Waals surface area contributed by atoms with Gasteiger partial charge in [0.25, 0.3) is 5.91 Å². The molecule has 0 bridgehead atoms. The lowest BCUT2D eigenvalue weighted by Gasteiger charge is -2.19. The minimum absolute atomic E-state index is 0.115. The highest BCUT2D eigenvalue weighted by Gasteiger charge is 2.36. The molecule has 1 saturated heterocycles. The van der Waals surface area contributed by atoms with Crippen molar-refractivity contribution in [3.05, 3.63) is 54.1 Å². The number of nitrogens with one attached hydrogen (secondary N) is 2. The first-order valence-electron chi connectivity index (χ1n) is 9.16. The van der Waals surface area contributed by atoms with E-state index in [9.17, 15) is 14.4 Å². The Kier molecular flexibility index (Phi) is 5.93. The molecule has 1 aliphatic rings. The summed E-state index contributed by atoms with van der Waals surface area (Å²) in [5.41, 5.74) is 1.77. The van der Waals surface area contributed by atoms with Gasteiger partial charge in [0.1, 0.15) is 5.75 Å². The maximum atomic E-state index is 12.6. The van der Waals surface area contributed by atoms with Gasteiger partial charge >= 0.3 is 0 Å². The third-order valence-corrected chi connectivity index (χ3v) is 4.62. The molecule has 3 amide bonds. The number of rotatable bonds is 6. The molecule has 3 rings (SSSR count). The van der Waals surface area contributed by atoms with E-state index < -0.39 is 5.92 Å². The smallest absolute Gasteiger partial charge is 0.251 e. The molecular weight excluding hydrogens is 358 g/mol. The number of hydrogen-bond donors (Lipinski definition) is 2. The van der Waals surface area contributed by atoms with Crippen molar-refractivity contribution in [2.24, 2.45) is 5.92 Å². The Morgan fingerprint density at radius 1 is 1.14 bits per heavy atom. The number of anilines is 2. The lowest BCUT2D eigenvalue weighted by atomic mass is 10.1. The molecule has 1 aliphatic heterocycles. The van der Waals surface area contributed by atoms with E-state index >= 15 is 0 Å². The molecule has 1 unspecified atom stereocenters. The van der Waals surface area contributed by atoms with E-state index in [-0.39, 0.29) is 24.1 Å². The summed E-state index contributed by atoms with van der Waals surface area (Å²) in [6.07, 6.45) is 0.140. The van der Waals surface area contributed by atoms with Crippen molar-refractivity contribution in [3.8, 4) is 5.75 Å². The van der Waals surface area contributed by atoms with Crippen LogP contribution in [0.15, 0.2) is 48.5 Å². The average Bonchev–Trinajstić information content (AvgIpc) is 3.10. The van der Waals surface area contributed by atoms with Gasteiger partial charge in [0.05, 0.1) is 18.7 Å². The molecule has 2 aromatic rings. The van der Waals surface area contributed by atoms with Gasteiger partial charge in [-0.2, -0.15) is 0 Å². The normalized spacial score (nSPS) is 16.0. The largest absolute Gasteiger partial charge is 0.495 e. The van der Waals surface area contributed by atoms with Crippen molar-refractivity contribution in [1.82, 2.24) is 5.32 Å². The fraction of sp³-hybridized carbons (Fsp3) is 0.286. The minimum Gasteiger partial charge on any atom is -0.495 e. The van der Waals surface area contributed by atoms with Crippen LogP contribution in [0.2, 0.25) is 0 Å². The van der Waals surface area contributed by atoms with Crippen molar-refractivity contribution >= 4 is 29.1 Å². The Bertz CT molecular complexity index is 879. The minimum atomic E-state index is -0.458. The van der Waals surface area contributed by atoms with Crippen LogP contribution in [0.25, 0.3) is 0 Å². The quantitative estimate of drug-likeness (QED) is 0.805. The first kappa shape index (κ1) is 19.4. The van der Waals surface area contributed by atoms with Crippen LogP contribution >= 0.6 is 0 Å². The summed E-state index contributed by atoms with van der Waals surface area (Å²) in [5.74, 6) is -0.361. The molecule has 2 aromatic carbocycles. The predicted molar refractivity (Wildman–Crippen MR) is 107 cm³/mol. The predicted octanol–water partition coefficient (Wildman–Crippen LogP) is 2.44. The Hall–Kier alpha value is -3.35. The molecule has 146 valence electrons. The van der Waals surface area contributed by atoms with Crippen LogP contribution in [-0.2, 0) is 9.59 Å².